The zero-order valence-corrected chi connectivity index (χ0v) is 18.4. The molecular formula is C25H52. The zero-order chi connectivity index (χ0) is 18.4. The van der Waals surface area contributed by atoms with E-state index in [9.17, 15) is 0 Å². The molecule has 0 spiro atoms. The molecule has 0 nitrogen and oxygen atoms in total. The summed E-state index contributed by atoms with van der Waals surface area (Å²) in [4.78, 5) is 0. The number of rotatable bonds is 21. The highest BCUT2D eigenvalue weighted by atomic mass is 14.1. The van der Waals surface area contributed by atoms with Crippen molar-refractivity contribution < 1.29 is 0 Å². The monoisotopic (exact) mass is 352 g/mol. The molecule has 0 aliphatic heterocycles. The first kappa shape index (κ1) is 25.0. The molecule has 0 saturated carbocycles. The van der Waals surface area contributed by atoms with Crippen molar-refractivity contribution in [3.8, 4) is 0 Å². The van der Waals surface area contributed by atoms with E-state index in [0.29, 0.717) is 0 Å². The van der Waals surface area contributed by atoms with Gasteiger partial charge < -0.3 is 0 Å². The Labute approximate surface area is 161 Å². The van der Waals surface area contributed by atoms with E-state index in [-0.39, 0.29) is 0 Å². The predicted octanol–water partition coefficient (Wildman–Crippen LogP) is 9.85. The van der Waals surface area contributed by atoms with Gasteiger partial charge in [-0.1, -0.05) is 156 Å². The van der Waals surface area contributed by atoms with Crippen molar-refractivity contribution >= 4 is 0 Å². The fourth-order valence-corrected chi connectivity index (χ4v) is 4.06. The summed E-state index contributed by atoms with van der Waals surface area (Å²) >= 11 is 0. The van der Waals surface area contributed by atoms with E-state index in [4.69, 9.17) is 0 Å². The Bertz CT molecular complexity index is 200. The van der Waals surface area contributed by atoms with E-state index < -0.39 is 0 Å². The van der Waals surface area contributed by atoms with Gasteiger partial charge >= 0.3 is 0 Å². The maximum Gasteiger partial charge on any atom is -0.0414 e. The van der Waals surface area contributed by atoms with Gasteiger partial charge in [-0.2, -0.15) is 0 Å². The summed E-state index contributed by atoms with van der Waals surface area (Å²) in [6, 6.07) is 0. The van der Waals surface area contributed by atoms with Gasteiger partial charge in [0.05, 0.1) is 0 Å². The van der Waals surface area contributed by atoms with Crippen molar-refractivity contribution in [3.63, 3.8) is 0 Å². The highest BCUT2D eigenvalue weighted by molar-refractivity contribution is 4.61. The minimum atomic E-state index is 1.04. The van der Waals surface area contributed by atoms with Crippen LogP contribution >= 0.6 is 0 Å². The molecule has 0 atom stereocenters. The van der Waals surface area contributed by atoms with Crippen LogP contribution in [0.25, 0.3) is 0 Å². The third kappa shape index (κ3) is 20.2. The lowest BCUT2D eigenvalue weighted by Gasteiger charge is -2.16. The predicted molar refractivity (Wildman–Crippen MR) is 117 cm³/mol. The Morgan fingerprint density at radius 1 is 0.320 bits per heavy atom. The lowest BCUT2D eigenvalue weighted by molar-refractivity contribution is 0.370. The number of hydrogen-bond donors (Lipinski definition) is 0. The fourth-order valence-electron chi connectivity index (χ4n) is 4.06. The van der Waals surface area contributed by atoms with Crippen LogP contribution in [0.15, 0.2) is 0 Å². The van der Waals surface area contributed by atoms with E-state index in [1.165, 1.54) is 135 Å². The van der Waals surface area contributed by atoms with Gasteiger partial charge in [0.15, 0.2) is 0 Å². The Kier molecular flexibility index (Phi) is 22.0. The quantitative estimate of drug-likeness (QED) is 0.180. The second kappa shape index (κ2) is 22.0. The van der Waals surface area contributed by atoms with Crippen molar-refractivity contribution in [1.29, 1.82) is 0 Å². The highest BCUT2D eigenvalue weighted by Crippen LogP contribution is 2.24. The molecule has 0 aliphatic carbocycles. The summed E-state index contributed by atoms with van der Waals surface area (Å²) in [5.74, 6) is 1.04. The minimum Gasteiger partial charge on any atom is -0.0654 e. The van der Waals surface area contributed by atoms with Crippen molar-refractivity contribution in [1.82, 2.24) is 0 Å². The van der Waals surface area contributed by atoms with Gasteiger partial charge in [-0.3, -0.25) is 0 Å². The van der Waals surface area contributed by atoms with Crippen LogP contribution in [0, 0.1) is 5.92 Å². The molecule has 0 unspecified atom stereocenters. The lowest BCUT2D eigenvalue weighted by Crippen LogP contribution is -2.01. The molecule has 0 fully saturated rings. The molecule has 0 saturated heterocycles. The second-order valence-corrected chi connectivity index (χ2v) is 8.54. The van der Waals surface area contributed by atoms with Crippen molar-refractivity contribution in [2.24, 2.45) is 5.92 Å². The maximum atomic E-state index is 2.35. The van der Waals surface area contributed by atoms with Crippen LogP contribution < -0.4 is 0 Å². The molecule has 0 aromatic carbocycles. The molecule has 152 valence electrons. The summed E-state index contributed by atoms with van der Waals surface area (Å²) in [5, 5.41) is 0. The van der Waals surface area contributed by atoms with Crippen LogP contribution in [0.4, 0.5) is 0 Å². The molecule has 0 radical (unpaired) electrons. The van der Waals surface area contributed by atoms with E-state index >= 15 is 0 Å². The smallest absolute Gasteiger partial charge is 0.0414 e. The average Bonchev–Trinajstić information content (AvgIpc) is 2.63. The molecule has 0 N–H and O–H groups in total. The van der Waals surface area contributed by atoms with Gasteiger partial charge in [0, 0.05) is 0 Å². The minimum absolute atomic E-state index is 1.04. The van der Waals surface area contributed by atoms with Crippen molar-refractivity contribution in [2.45, 2.75) is 156 Å². The van der Waals surface area contributed by atoms with Crippen LogP contribution in [-0.2, 0) is 0 Å². The molecule has 0 bridgehead atoms. The summed E-state index contributed by atoms with van der Waals surface area (Å²) < 4.78 is 0. The van der Waals surface area contributed by atoms with Gasteiger partial charge in [0.2, 0.25) is 0 Å². The summed E-state index contributed by atoms with van der Waals surface area (Å²) in [6.07, 6.45) is 30.8. The largest absolute Gasteiger partial charge is 0.0654 e. The van der Waals surface area contributed by atoms with Gasteiger partial charge in [-0.15, -0.1) is 0 Å². The van der Waals surface area contributed by atoms with E-state index in [1.54, 1.807) is 0 Å². The second-order valence-electron chi connectivity index (χ2n) is 8.54. The van der Waals surface area contributed by atoms with Gasteiger partial charge in [-0.25, -0.2) is 0 Å². The fraction of sp³-hybridized carbons (Fsp3) is 1.00. The topological polar surface area (TPSA) is 0 Å². The average molecular weight is 353 g/mol. The third-order valence-electron chi connectivity index (χ3n) is 5.90. The molecule has 0 heterocycles. The lowest BCUT2D eigenvalue weighted by atomic mass is 9.90. The molecule has 0 aromatic rings. The first-order chi connectivity index (χ1) is 12.3. The van der Waals surface area contributed by atoms with Gasteiger partial charge in [-0.05, 0) is 5.92 Å². The molecule has 0 aliphatic rings. The molecule has 0 heteroatoms. The summed E-state index contributed by atoms with van der Waals surface area (Å²) in [7, 11) is 0. The van der Waals surface area contributed by atoms with Crippen LogP contribution in [0.2, 0.25) is 0 Å². The van der Waals surface area contributed by atoms with Crippen LogP contribution in [-0.4, -0.2) is 0 Å². The zero-order valence-electron chi connectivity index (χ0n) is 18.4. The highest BCUT2D eigenvalue weighted by Gasteiger charge is 2.08. The standard InChI is InChI=1S/C25H52/c1-4-7-10-12-14-16-18-20-23-25(22-9-6-3)24-21-19-17-15-13-11-8-5-2/h25H,4-24H2,1-3H3. The van der Waals surface area contributed by atoms with Crippen LogP contribution in [0.1, 0.15) is 156 Å². The summed E-state index contributed by atoms with van der Waals surface area (Å²) in [5.41, 5.74) is 0. The Morgan fingerprint density at radius 2 is 0.600 bits per heavy atom. The molecular weight excluding hydrogens is 300 g/mol. The number of unbranched alkanes of at least 4 members (excludes halogenated alkanes) is 15. The van der Waals surface area contributed by atoms with E-state index in [2.05, 4.69) is 20.8 Å². The van der Waals surface area contributed by atoms with Crippen molar-refractivity contribution in [2.75, 3.05) is 0 Å². The van der Waals surface area contributed by atoms with Crippen LogP contribution in [0.5, 0.6) is 0 Å². The first-order valence-corrected chi connectivity index (χ1v) is 12.3. The Balaban J connectivity index is 3.54. The molecule has 0 rings (SSSR count). The molecule has 0 aromatic heterocycles. The first-order valence-electron chi connectivity index (χ1n) is 12.3. The van der Waals surface area contributed by atoms with Gasteiger partial charge in [0.25, 0.3) is 0 Å². The SMILES string of the molecule is CCCCCCCCCCC(CCCC)CCCCCCCCCC. The number of hydrogen-bond acceptors (Lipinski definition) is 0. The maximum absolute atomic E-state index is 2.35. The van der Waals surface area contributed by atoms with Gasteiger partial charge in [0.1, 0.15) is 0 Å². The normalized spacial score (nSPS) is 11.5. The third-order valence-corrected chi connectivity index (χ3v) is 5.90. The molecule has 25 heavy (non-hydrogen) atoms. The Hall–Kier alpha value is 0. The molecule has 0 amide bonds. The van der Waals surface area contributed by atoms with E-state index in [0.717, 1.165) is 5.92 Å². The van der Waals surface area contributed by atoms with E-state index in [1.807, 2.05) is 0 Å². The van der Waals surface area contributed by atoms with Crippen molar-refractivity contribution in [3.05, 3.63) is 0 Å². The Morgan fingerprint density at radius 3 is 0.960 bits per heavy atom. The van der Waals surface area contributed by atoms with Crippen LogP contribution in [0.3, 0.4) is 0 Å². The summed E-state index contributed by atoms with van der Waals surface area (Å²) in [6.45, 7) is 6.97.